The lowest BCUT2D eigenvalue weighted by Crippen LogP contribution is -2.05. The van der Waals surface area contributed by atoms with Gasteiger partial charge in [-0.15, -0.1) is 0 Å². The number of aliphatic hydroxyl groups is 1. The molecule has 0 aliphatic heterocycles. The third kappa shape index (κ3) is 2.80. The van der Waals surface area contributed by atoms with Gasteiger partial charge in [0.25, 0.3) is 0 Å². The zero-order valence-corrected chi connectivity index (χ0v) is 12.0. The number of benzene rings is 1. The van der Waals surface area contributed by atoms with Gasteiger partial charge in [0.15, 0.2) is 0 Å². The Hall–Kier alpha value is -1.54. The van der Waals surface area contributed by atoms with Crippen molar-refractivity contribution >= 4 is 0 Å². The van der Waals surface area contributed by atoms with Crippen molar-refractivity contribution in [1.29, 1.82) is 0 Å². The Labute approximate surface area is 120 Å². The zero-order chi connectivity index (χ0) is 13.9. The largest absolute Gasteiger partial charge is 0.469 e. The molecule has 106 valence electrons. The van der Waals surface area contributed by atoms with E-state index in [4.69, 9.17) is 4.42 Å². The highest BCUT2D eigenvalue weighted by molar-refractivity contribution is 5.32. The van der Waals surface area contributed by atoms with Crippen molar-refractivity contribution in [2.75, 3.05) is 0 Å². The first-order chi connectivity index (χ1) is 9.74. The van der Waals surface area contributed by atoms with E-state index in [2.05, 4.69) is 24.3 Å². The summed E-state index contributed by atoms with van der Waals surface area (Å²) in [6.45, 7) is 1.89. The minimum absolute atomic E-state index is 0.590. The molecule has 2 heteroatoms. The van der Waals surface area contributed by atoms with Gasteiger partial charge in [-0.05, 0) is 42.9 Å². The average Bonchev–Trinajstić information content (AvgIpc) is 2.94. The van der Waals surface area contributed by atoms with Gasteiger partial charge in [0.1, 0.15) is 11.9 Å². The van der Waals surface area contributed by atoms with Gasteiger partial charge >= 0.3 is 0 Å². The van der Waals surface area contributed by atoms with Crippen LogP contribution in [-0.4, -0.2) is 5.11 Å². The van der Waals surface area contributed by atoms with Gasteiger partial charge in [-0.2, -0.15) is 0 Å². The fraction of sp³-hybridized carbons (Fsp3) is 0.444. The third-order valence-corrected chi connectivity index (χ3v) is 4.40. The lowest BCUT2D eigenvalue weighted by Gasteiger charge is -2.22. The van der Waals surface area contributed by atoms with E-state index in [1.807, 2.05) is 13.0 Å². The first-order valence-corrected chi connectivity index (χ1v) is 7.57. The minimum Gasteiger partial charge on any atom is -0.469 e. The molecule has 1 heterocycles. The molecule has 20 heavy (non-hydrogen) atoms. The second-order valence-corrected chi connectivity index (χ2v) is 5.89. The number of furan rings is 1. The average molecular weight is 270 g/mol. The Kier molecular flexibility index (Phi) is 3.93. The van der Waals surface area contributed by atoms with Gasteiger partial charge in [-0.1, -0.05) is 43.5 Å². The second-order valence-electron chi connectivity index (χ2n) is 5.89. The standard InChI is InChI=1S/C18H22O2/c1-13-11-17(12-20-13)18(19)16-9-7-15(8-10-16)14-5-3-2-4-6-14/h7-12,14,18-19H,2-6H2,1H3. The summed E-state index contributed by atoms with van der Waals surface area (Å²) < 4.78 is 5.27. The molecule has 0 radical (unpaired) electrons. The summed E-state index contributed by atoms with van der Waals surface area (Å²) in [4.78, 5) is 0. The number of rotatable bonds is 3. The van der Waals surface area contributed by atoms with Crippen molar-refractivity contribution in [2.24, 2.45) is 0 Å². The summed E-state index contributed by atoms with van der Waals surface area (Å²) in [5.41, 5.74) is 3.18. The molecule has 1 aromatic carbocycles. The zero-order valence-electron chi connectivity index (χ0n) is 12.0. The molecule has 0 saturated heterocycles. The molecule has 0 bridgehead atoms. The first-order valence-electron chi connectivity index (χ1n) is 7.57. The van der Waals surface area contributed by atoms with Crippen LogP contribution in [0.15, 0.2) is 41.0 Å². The van der Waals surface area contributed by atoms with Crippen LogP contribution in [0.1, 0.15) is 66.6 Å². The summed E-state index contributed by atoms with van der Waals surface area (Å²) in [5.74, 6) is 1.55. The van der Waals surface area contributed by atoms with Crippen molar-refractivity contribution in [3.63, 3.8) is 0 Å². The van der Waals surface area contributed by atoms with Crippen molar-refractivity contribution < 1.29 is 9.52 Å². The molecule has 1 atom stereocenters. The Morgan fingerprint density at radius 1 is 1.05 bits per heavy atom. The van der Waals surface area contributed by atoms with E-state index in [0.717, 1.165) is 16.9 Å². The van der Waals surface area contributed by atoms with Gasteiger partial charge in [0, 0.05) is 5.56 Å². The molecule has 2 nitrogen and oxygen atoms in total. The van der Waals surface area contributed by atoms with Crippen LogP contribution >= 0.6 is 0 Å². The Balaban J connectivity index is 1.75. The molecule has 3 rings (SSSR count). The predicted octanol–water partition coefficient (Wildman–Crippen LogP) is 4.72. The highest BCUT2D eigenvalue weighted by Crippen LogP contribution is 2.33. The molecule has 1 saturated carbocycles. The second kappa shape index (κ2) is 5.84. The molecule has 0 amide bonds. The monoisotopic (exact) mass is 270 g/mol. The maximum absolute atomic E-state index is 10.3. The van der Waals surface area contributed by atoms with Crippen LogP contribution < -0.4 is 0 Å². The fourth-order valence-electron chi connectivity index (χ4n) is 3.19. The van der Waals surface area contributed by atoms with Crippen molar-refractivity contribution in [3.05, 3.63) is 59.0 Å². The minimum atomic E-state index is -0.590. The van der Waals surface area contributed by atoms with Crippen LogP contribution in [0.2, 0.25) is 0 Å². The Morgan fingerprint density at radius 2 is 1.75 bits per heavy atom. The first kappa shape index (κ1) is 13.4. The summed E-state index contributed by atoms with van der Waals surface area (Å²) in [6, 6.07) is 10.4. The highest BCUT2D eigenvalue weighted by Gasteiger charge is 2.17. The lowest BCUT2D eigenvalue weighted by atomic mass is 9.83. The van der Waals surface area contributed by atoms with Crippen LogP contribution in [-0.2, 0) is 0 Å². The van der Waals surface area contributed by atoms with Crippen LogP contribution in [0, 0.1) is 6.92 Å². The number of aliphatic hydroxyl groups excluding tert-OH is 1. The third-order valence-electron chi connectivity index (χ3n) is 4.40. The molecule has 1 unspecified atom stereocenters. The number of aryl methyl sites for hydroxylation is 1. The molecule has 1 N–H and O–H groups in total. The van der Waals surface area contributed by atoms with Crippen molar-refractivity contribution in [3.8, 4) is 0 Å². The van der Waals surface area contributed by atoms with Gasteiger partial charge < -0.3 is 9.52 Å². The van der Waals surface area contributed by atoms with Gasteiger partial charge in [0.05, 0.1) is 6.26 Å². The number of hydrogen-bond acceptors (Lipinski definition) is 2. The van der Waals surface area contributed by atoms with Crippen molar-refractivity contribution in [2.45, 2.75) is 51.0 Å². The summed E-state index contributed by atoms with van der Waals surface area (Å²) >= 11 is 0. The topological polar surface area (TPSA) is 33.4 Å². The molecular weight excluding hydrogens is 248 g/mol. The SMILES string of the molecule is Cc1cc(C(O)c2ccc(C3CCCCC3)cc2)co1. The van der Waals surface area contributed by atoms with E-state index >= 15 is 0 Å². The smallest absolute Gasteiger partial charge is 0.107 e. The molecule has 1 aromatic heterocycles. The molecular formula is C18H22O2. The quantitative estimate of drug-likeness (QED) is 0.875. The highest BCUT2D eigenvalue weighted by atomic mass is 16.3. The van der Waals surface area contributed by atoms with E-state index in [1.54, 1.807) is 6.26 Å². The summed E-state index contributed by atoms with van der Waals surface area (Å²) in [6.07, 6.45) is 7.74. The van der Waals surface area contributed by atoms with E-state index in [-0.39, 0.29) is 0 Å². The summed E-state index contributed by atoms with van der Waals surface area (Å²) in [7, 11) is 0. The van der Waals surface area contributed by atoms with Crippen molar-refractivity contribution in [1.82, 2.24) is 0 Å². The van der Waals surface area contributed by atoms with E-state index < -0.39 is 6.10 Å². The van der Waals surface area contributed by atoms with E-state index in [9.17, 15) is 5.11 Å². The predicted molar refractivity (Wildman–Crippen MR) is 79.8 cm³/mol. The van der Waals surface area contributed by atoms with Gasteiger partial charge in [0.2, 0.25) is 0 Å². The number of hydrogen-bond donors (Lipinski definition) is 1. The molecule has 1 fully saturated rings. The maximum atomic E-state index is 10.3. The normalized spacial score (nSPS) is 18.1. The van der Waals surface area contributed by atoms with Crippen LogP contribution in [0.5, 0.6) is 0 Å². The van der Waals surface area contributed by atoms with E-state index in [0.29, 0.717) is 5.92 Å². The van der Waals surface area contributed by atoms with Crippen LogP contribution in [0.25, 0.3) is 0 Å². The summed E-state index contributed by atoms with van der Waals surface area (Å²) in [5, 5.41) is 10.3. The maximum Gasteiger partial charge on any atom is 0.107 e. The fourth-order valence-corrected chi connectivity index (χ4v) is 3.19. The van der Waals surface area contributed by atoms with Gasteiger partial charge in [-0.3, -0.25) is 0 Å². The molecule has 2 aromatic rings. The Morgan fingerprint density at radius 3 is 2.35 bits per heavy atom. The van der Waals surface area contributed by atoms with E-state index in [1.165, 1.54) is 37.7 Å². The molecule has 0 spiro atoms. The molecule has 1 aliphatic rings. The Bertz CT molecular complexity index is 547. The van der Waals surface area contributed by atoms with Gasteiger partial charge in [-0.25, -0.2) is 0 Å². The lowest BCUT2D eigenvalue weighted by molar-refractivity contribution is 0.219. The molecule has 1 aliphatic carbocycles. The van der Waals surface area contributed by atoms with Crippen LogP contribution in [0.4, 0.5) is 0 Å². The van der Waals surface area contributed by atoms with Crippen LogP contribution in [0.3, 0.4) is 0 Å².